The van der Waals surface area contributed by atoms with E-state index in [1.807, 2.05) is 0 Å². The fourth-order valence-electron chi connectivity index (χ4n) is 2.84. The molecule has 6 nitrogen and oxygen atoms in total. The van der Waals surface area contributed by atoms with Gasteiger partial charge in [-0.25, -0.2) is 9.97 Å². The number of aromatic nitrogens is 4. The molecule has 1 N–H and O–H groups in total. The molecule has 0 spiro atoms. The fraction of sp³-hybridized carbons (Fsp3) is 0.467. The summed E-state index contributed by atoms with van der Waals surface area (Å²) >= 11 is 0. The van der Waals surface area contributed by atoms with Crippen LogP contribution in [0.4, 0.5) is 13.2 Å². The van der Waals surface area contributed by atoms with Gasteiger partial charge in [-0.05, 0) is 31.9 Å². The van der Waals surface area contributed by atoms with Gasteiger partial charge in [-0.2, -0.15) is 18.3 Å². The molecule has 0 saturated carbocycles. The molecule has 0 aliphatic carbocycles. The fourth-order valence-corrected chi connectivity index (χ4v) is 2.84. The van der Waals surface area contributed by atoms with Crippen LogP contribution >= 0.6 is 0 Å². The topological polar surface area (TPSA) is 74.8 Å². The third kappa shape index (κ3) is 3.39. The Morgan fingerprint density at radius 3 is 2.88 bits per heavy atom. The molecule has 0 radical (unpaired) electrons. The maximum absolute atomic E-state index is 12.7. The Kier molecular flexibility index (Phi) is 4.25. The average Bonchev–Trinajstić information content (AvgIpc) is 3.04. The van der Waals surface area contributed by atoms with Gasteiger partial charge in [0.25, 0.3) is 5.91 Å². The van der Waals surface area contributed by atoms with Crippen LogP contribution in [0.15, 0.2) is 18.3 Å². The number of piperidine rings is 1. The number of amides is 1. The van der Waals surface area contributed by atoms with Crippen molar-refractivity contribution in [2.24, 2.45) is 0 Å². The number of nitrogens with one attached hydrogen (secondary N) is 1. The van der Waals surface area contributed by atoms with Crippen LogP contribution in [0.2, 0.25) is 0 Å². The molecule has 1 aliphatic rings. The summed E-state index contributed by atoms with van der Waals surface area (Å²) in [4.78, 5) is 22.2. The van der Waals surface area contributed by atoms with Crippen LogP contribution in [0.1, 0.15) is 46.5 Å². The zero-order chi connectivity index (χ0) is 17.3. The molecule has 1 amide bonds. The van der Waals surface area contributed by atoms with Gasteiger partial charge in [-0.3, -0.25) is 9.89 Å². The van der Waals surface area contributed by atoms with Gasteiger partial charge in [0, 0.05) is 30.9 Å². The molecular weight excluding hydrogens is 323 g/mol. The summed E-state index contributed by atoms with van der Waals surface area (Å²) in [6.45, 7) is 2.58. The number of hydrogen-bond acceptors (Lipinski definition) is 4. The summed E-state index contributed by atoms with van der Waals surface area (Å²) in [7, 11) is 0. The smallest absolute Gasteiger partial charge is 0.337 e. The number of halogens is 3. The third-order valence-electron chi connectivity index (χ3n) is 4.03. The SMILES string of the molecule is Cc1nccc(C(=O)N2CCC[C@H](c3cc(C(F)(F)F)n[nH]3)C2)n1. The van der Waals surface area contributed by atoms with E-state index < -0.39 is 11.9 Å². The molecule has 1 aliphatic heterocycles. The van der Waals surface area contributed by atoms with Crippen molar-refractivity contribution in [1.29, 1.82) is 0 Å². The zero-order valence-electron chi connectivity index (χ0n) is 13.0. The van der Waals surface area contributed by atoms with Gasteiger partial charge in [-0.15, -0.1) is 0 Å². The van der Waals surface area contributed by atoms with E-state index in [1.165, 1.54) is 12.3 Å². The Morgan fingerprint density at radius 1 is 1.42 bits per heavy atom. The lowest BCUT2D eigenvalue weighted by atomic mass is 9.94. The highest BCUT2D eigenvalue weighted by atomic mass is 19.4. The van der Waals surface area contributed by atoms with Crippen LogP contribution in [0, 0.1) is 6.92 Å². The number of nitrogens with zero attached hydrogens (tertiary/aromatic N) is 4. The maximum Gasteiger partial charge on any atom is 0.435 e. The lowest BCUT2D eigenvalue weighted by Gasteiger charge is -2.32. The molecule has 2 aromatic heterocycles. The predicted octanol–water partition coefficient (Wildman–Crippen LogP) is 2.55. The van der Waals surface area contributed by atoms with Crippen LogP contribution in [0.3, 0.4) is 0 Å². The van der Waals surface area contributed by atoms with Gasteiger partial charge in [0.2, 0.25) is 0 Å². The van der Waals surface area contributed by atoms with Gasteiger partial charge in [0.05, 0.1) is 0 Å². The normalized spacial score (nSPS) is 18.7. The van der Waals surface area contributed by atoms with Crippen LogP contribution in [-0.2, 0) is 6.18 Å². The first-order chi connectivity index (χ1) is 11.3. The van der Waals surface area contributed by atoms with E-state index in [9.17, 15) is 18.0 Å². The van der Waals surface area contributed by atoms with Crippen molar-refractivity contribution >= 4 is 5.91 Å². The van der Waals surface area contributed by atoms with Crippen molar-refractivity contribution in [3.63, 3.8) is 0 Å². The van der Waals surface area contributed by atoms with Crippen LogP contribution in [-0.4, -0.2) is 44.1 Å². The van der Waals surface area contributed by atoms with E-state index in [2.05, 4.69) is 20.2 Å². The zero-order valence-corrected chi connectivity index (χ0v) is 13.0. The highest BCUT2D eigenvalue weighted by Gasteiger charge is 2.35. The molecule has 0 aromatic carbocycles. The summed E-state index contributed by atoms with van der Waals surface area (Å²) in [5.74, 6) is 0.0628. The first-order valence-corrected chi connectivity index (χ1v) is 7.56. The Hall–Kier alpha value is -2.45. The average molecular weight is 339 g/mol. The minimum absolute atomic E-state index is 0.200. The van der Waals surface area contributed by atoms with Gasteiger partial charge < -0.3 is 4.90 Å². The first kappa shape index (κ1) is 16.4. The second-order valence-corrected chi connectivity index (χ2v) is 5.79. The molecular formula is C15H16F3N5O. The van der Waals surface area contributed by atoms with E-state index in [1.54, 1.807) is 11.8 Å². The van der Waals surface area contributed by atoms with E-state index in [-0.39, 0.29) is 11.8 Å². The largest absolute Gasteiger partial charge is 0.435 e. The number of rotatable bonds is 2. The lowest BCUT2D eigenvalue weighted by Crippen LogP contribution is -2.39. The molecule has 128 valence electrons. The molecule has 3 heterocycles. The number of aromatic amines is 1. The number of H-pyrrole nitrogens is 1. The molecule has 2 aromatic rings. The van der Waals surface area contributed by atoms with E-state index in [0.717, 1.165) is 6.07 Å². The number of alkyl halides is 3. The molecule has 1 atom stereocenters. The monoisotopic (exact) mass is 339 g/mol. The van der Waals surface area contributed by atoms with Crippen molar-refractivity contribution in [1.82, 2.24) is 25.1 Å². The molecule has 1 fully saturated rings. The number of hydrogen-bond donors (Lipinski definition) is 1. The number of likely N-dealkylation sites (tertiary alicyclic amines) is 1. The Morgan fingerprint density at radius 2 is 2.21 bits per heavy atom. The van der Waals surface area contributed by atoms with Gasteiger partial charge in [0.15, 0.2) is 5.69 Å². The second-order valence-electron chi connectivity index (χ2n) is 5.79. The highest BCUT2D eigenvalue weighted by Crippen LogP contribution is 2.32. The standard InChI is InChI=1S/C15H16F3N5O/c1-9-19-5-4-11(20-9)14(24)23-6-2-3-10(8-23)12-7-13(22-21-12)15(16,17)18/h4-5,7,10H,2-3,6,8H2,1H3,(H,21,22)/t10-/m0/s1. The number of aryl methyl sites for hydroxylation is 1. The van der Waals surface area contributed by atoms with Crippen molar-refractivity contribution in [3.8, 4) is 0 Å². The minimum atomic E-state index is -4.47. The molecule has 0 unspecified atom stereocenters. The number of carbonyl (C=O) groups excluding carboxylic acids is 1. The molecule has 1 saturated heterocycles. The van der Waals surface area contributed by atoms with Crippen molar-refractivity contribution in [3.05, 3.63) is 41.2 Å². The van der Waals surface area contributed by atoms with Crippen LogP contribution in [0.25, 0.3) is 0 Å². The van der Waals surface area contributed by atoms with E-state index >= 15 is 0 Å². The number of carbonyl (C=O) groups is 1. The molecule has 3 rings (SSSR count). The Labute approximate surface area is 136 Å². The third-order valence-corrected chi connectivity index (χ3v) is 4.03. The molecule has 0 bridgehead atoms. The van der Waals surface area contributed by atoms with Crippen LogP contribution < -0.4 is 0 Å². The summed E-state index contributed by atoms with van der Waals surface area (Å²) in [5, 5.41) is 5.79. The van der Waals surface area contributed by atoms with Gasteiger partial charge in [0.1, 0.15) is 11.5 Å². The lowest BCUT2D eigenvalue weighted by molar-refractivity contribution is -0.141. The quantitative estimate of drug-likeness (QED) is 0.912. The summed E-state index contributed by atoms with van der Waals surface area (Å²) < 4.78 is 38.0. The van der Waals surface area contributed by atoms with Crippen molar-refractivity contribution < 1.29 is 18.0 Å². The Bertz CT molecular complexity index is 743. The summed E-state index contributed by atoms with van der Waals surface area (Å²) in [5.41, 5.74) is -0.241. The predicted molar refractivity (Wildman–Crippen MR) is 78.2 cm³/mol. The van der Waals surface area contributed by atoms with Gasteiger partial charge >= 0.3 is 6.18 Å². The second kappa shape index (κ2) is 6.21. The van der Waals surface area contributed by atoms with Crippen molar-refractivity contribution in [2.75, 3.05) is 13.1 Å². The van der Waals surface area contributed by atoms with E-state index in [0.29, 0.717) is 43.1 Å². The van der Waals surface area contributed by atoms with Crippen molar-refractivity contribution in [2.45, 2.75) is 31.9 Å². The molecule has 24 heavy (non-hydrogen) atoms. The highest BCUT2D eigenvalue weighted by molar-refractivity contribution is 5.92. The van der Waals surface area contributed by atoms with Gasteiger partial charge in [-0.1, -0.05) is 0 Å². The first-order valence-electron chi connectivity index (χ1n) is 7.56. The maximum atomic E-state index is 12.7. The van der Waals surface area contributed by atoms with E-state index in [4.69, 9.17) is 0 Å². The Balaban J connectivity index is 1.75. The minimum Gasteiger partial charge on any atom is -0.337 e. The van der Waals surface area contributed by atoms with Crippen LogP contribution in [0.5, 0.6) is 0 Å². The molecule has 9 heteroatoms. The summed E-state index contributed by atoms with van der Waals surface area (Å²) in [6.07, 6.45) is -1.55. The summed E-state index contributed by atoms with van der Waals surface area (Å²) in [6, 6.07) is 2.56.